The fourth-order valence-electron chi connectivity index (χ4n) is 2.19. The van der Waals surface area contributed by atoms with Gasteiger partial charge in [-0.05, 0) is 49.6 Å². The molecule has 0 bridgehead atoms. The summed E-state index contributed by atoms with van der Waals surface area (Å²) in [7, 11) is 0. The summed E-state index contributed by atoms with van der Waals surface area (Å²) in [4.78, 5) is 15.4. The summed E-state index contributed by atoms with van der Waals surface area (Å²) >= 11 is 0. The number of aromatic nitrogens is 1. The second kappa shape index (κ2) is 5.91. The summed E-state index contributed by atoms with van der Waals surface area (Å²) in [5.41, 5.74) is 2.88. The normalized spacial score (nSPS) is 10.5. The van der Waals surface area contributed by atoms with Crippen LogP contribution in [0.5, 0.6) is 0 Å². The molecular weight excluding hydrogens is 271 g/mol. The second-order valence-corrected chi connectivity index (χ2v) is 5.05. The van der Waals surface area contributed by atoms with Crippen molar-refractivity contribution in [1.29, 1.82) is 0 Å². The summed E-state index contributed by atoms with van der Waals surface area (Å²) < 4.78 is 13.6. The van der Waals surface area contributed by atoms with Gasteiger partial charge in [0.1, 0.15) is 17.2 Å². The molecule has 110 valence electrons. The molecule has 5 heteroatoms. The quantitative estimate of drug-likeness (QED) is 0.904. The van der Waals surface area contributed by atoms with E-state index in [2.05, 4.69) is 10.3 Å². The van der Waals surface area contributed by atoms with Gasteiger partial charge in [-0.2, -0.15) is 0 Å². The minimum atomic E-state index is -1.03. The zero-order valence-electron chi connectivity index (χ0n) is 12.2. The van der Waals surface area contributed by atoms with E-state index in [1.807, 2.05) is 0 Å². The van der Waals surface area contributed by atoms with Crippen molar-refractivity contribution >= 4 is 11.8 Å². The van der Waals surface area contributed by atoms with Crippen molar-refractivity contribution < 1.29 is 14.3 Å². The Morgan fingerprint density at radius 2 is 1.86 bits per heavy atom. The van der Waals surface area contributed by atoms with Gasteiger partial charge < -0.3 is 10.4 Å². The molecule has 2 N–H and O–H groups in total. The number of aromatic carboxylic acids is 1. The number of carbonyl (C=O) groups is 1. The molecule has 0 saturated carbocycles. The van der Waals surface area contributed by atoms with Crippen LogP contribution in [0.15, 0.2) is 24.3 Å². The Morgan fingerprint density at radius 1 is 1.24 bits per heavy atom. The Morgan fingerprint density at radius 3 is 2.43 bits per heavy atom. The van der Waals surface area contributed by atoms with Crippen LogP contribution in [-0.2, 0) is 6.54 Å². The highest BCUT2D eigenvalue weighted by Crippen LogP contribution is 2.18. The third kappa shape index (κ3) is 3.37. The molecule has 1 heterocycles. The molecule has 1 aromatic carbocycles. The van der Waals surface area contributed by atoms with E-state index in [4.69, 9.17) is 5.11 Å². The van der Waals surface area contributed by atoms with E-state index in [0.29, 0.717) is 23.5 Å². The van der Waals surface area contributed by atoms with Gasteiger partial charge in [0.2, 0.25) is 0 Å². The second-order valence-electron chi connectivity index (χ2n) is 5.05. The first-order valence-corrected chi connectivity index (χ1v) is 6.59. The highest BCUT2D eigenvalue weighted by Gasteiger charge is 2.12. The van der Waals surface area contributed by atoms with Gasteiger partial charge in [-0.25, -0.2) is 14.2 Å². The zero-order chi connectivity index (χ0) is 15.6. The summed E-state index contributed by atoms with van der Waals surface area (Å²) in [6, 6.07) is 6.66. The number of rotatable bonds is 4. The van der Waals surface area contributed by atoms with Gasteiger partial charge in [0.25, 0.3) is 0 Å². The number of carboxylic acids is 1. The molecule has 0 spiro atoms. The van der Waals surface area contributed by atoms with E-state index >= 15 is 0 Å². The SMILES string of the molecule is Cc1ccc(C(=O)O)c(NCc2cc(C)c(F)c(C)c2)n1. The number of hydrogen-bond acceptors (Lipinski definition) is 3. The fourth-order valence-corrected chi connectivity index (χ4v) is 2.19. The molecule has 1 aromatic heterocycles. The highest BCUT2D eigenvalue weighted by atomic mass is 19.1. The molecule has 0 aliphatic carbocycles. The van der Waals surface area contributed by atoms with Crippen molar-refractivity contribution in [3.05, 3.63) is 58.0 Å². The number of pyridine rings is 1. The molecule has 2 rings (SSSR count). The van der Waals surface area contributed by atoms with Gasteiger partial charge in [0.15, 0.2) is 0 Å². The van der Waals surface area contributed by atoms with Crippen LogP contribution in [0.4, 0.5) is 10.2 Å². The lowest BCUT2D eigenvalue weighted by atomic mass is 10.1. The molecule has 0 aliphatic heterocycles. The number of benzene rings is 1. The number of halogens is 1. The molecule has 21 heavy (non-hydrogen) atoms. The maximum Gasteiger partial charge on any atom is 0.339 e. The first kappa shape index (κ1) is 15.0. The van der Waals surface area contributed by atoms with Crippen LogP contribution in [0, 0.1) is 26.6 Å². The number of aryl methyl sites for hydroxylation is 3. The Hall–Kier alpha value is -2.43. The van der Waals surface area contributed by atoms with E-state index in [0.717, 1.165) is 11.3 Å². The maximum absolute atomic E-state index is 13.6. The Bertz CT molecular complexity index is 676. The molecule has 0 amide bonds. The number of nitrogens with zero attached hydrogens (tertiary/aromatic N) is 1. The molecule has 0 radical (unpaired) electrons. The van der Waals surface area contributed by atoms with E-state index < -0.39 is 5.97 Å². The van der Waals surface area contributed by atoms with Crippen molar-refractivity contribution in [3.63, 3.8) is 0 Å². The van der Waals surface area contributed by atoms with Gasteiger partial charge >= 0.3 is 5.97 Å². The predicted octanol–water partition coefficient (Wildman–Crippen LogP) is 3.46. The minimum absolute atomic E-state index is 0.121. The molecule has 4 nitrogen and oxygen atoms in total. The molecule has 0 fully saturated rings. The average molecular weight is 288 g/mol. The number of anilines is 1. The third-order valence-corrected chi connectivity index (χ3v) is 3.22. The smallest absolute Gasteiger partial charge is 0.339 e. The highest BCUT2D eigenvalue weighted by molar-refractivity contribution is 5.93. The van der Waals surface area contributed by atoms with Crippen molar-refractivity contribution in [2.75, 3.05) is 5.32 Å². The number of carboxylic acid groups (broad SMARTS) is 1. The first-order valence-electron chi connectivity index (χ1n) is 6.59. The van der Waals surface area contributed by atoms with Crippen molar-refractivity contribution in [2.24, 2.45) is 0 Å². The minimum Gasteiger partial charge on any atom is -0.478 e. The van der Waals surface area contributed by atoms with E-state index in [9.17, 15) is 9.18 Å². The lowest BCUT2D eigenvalue weighted by molar-refractivity contribution is 0.0697. The van der Waals surface area contributed by atoms with Gasteiger partial charge in [0.05, 0.1) is 0 Å². The molecule has 0 saturated heterocycles. The lowest BCUT2D eigenvalue weighted by Gasteiger charge is -2.11. The zero-order valence-corrected chi connectivity index (χ0v) is 12.2. The lowest BCUT2D eigenvalue weighted by Crippen LogP contribution is -2.09. The molecular formula is C16H17FN2O2. The van der Waals surface area contributed by atoms with Crippen LogP contribution in [0.3, 0.4) is 0 Å². The number of hydrogen-bond donors (Lipinski definition) is 2. The van der Waals surface area contributed by atoms with Crippen molar-refractivity contribution in [2.45, 2.75) is 27.3 Å². The van der Waals surface area contributed by atoms with Gasteiger partial charge in [-0.1, -0.05) is 12.1 Å². The maximum atomic E-state index is 13.6. The predicted molar refractivity (Wildman–Crippen MR) is 79.1 cm³/mol. The first-order chi connectivity index (χ1) is 9.88. The topological polar surface area (TPSA) is 62.2 Å². The van der Waals surface area contributed by atoms with E-state index in [-0.39, 0.29) is 11.4 Å². The van der Waals surface area contributed by atoms with Crippen LogP contribution in [-0.4, -0.2) is 16.1 Å². The van der Waals surface area contributed by atoms with E-state index in [1.54, 1.807) is 39.0 Å². The third-order valence-electron chi connectivity index (χ3n) is 3.22. The summed E-state index contributed by atoms with van der Waals surface area (Å²) in [5.74, 6) is -0.919. The van der Waals surface area contributed by atoms with Crippen molar-refractivity contribution in [1.82, 2.24) is 4.98 Å². The monoisotopic (exact) mass is 288 g/mol. The van der Waals surface area contributed by atoms with Crippen LogP contribution in [0.2, 0.25) is 0 Å². The van der Waals surface area contributed by atoms with Crippen LogP contribution >= 0.6 is 0 Å². The number of nitrogens with one attached hydrogen (secondary N) is 1. The largest absolute Gasteiger partial charge is 0.478 e. The fraction of sp³-hybridized carbons (Fsp3) is 0.250. The summed E-state index contributed by atoms with van der Waals surface area (Å²) in [6.07, 6.45) is 0. The molecule has 0 aliphatic rings. The van der Waals surface area contributed by atoms with Crippen LogP contribution in [0.25, 0.3) is 0 Å². The molecule has 0 atom stereocenters. The summed E-state index contributed by atoms with van der Waals surface area (Å²) in [5, 5.41) is 12.2. The summed E-state index contributed by atoms with van der Waals surface area (Å²) in [6.45, 7) is 5.60. The van der Waals surface area contributed by atoms with Gasteiger partial charge in [-0.3, -0.25) is 0 Å². The average Bonchev–Trinajstić information content (AvgIpc) is 2.42. The Kier molecular flexibility index (Phi) is 4.21. The van der Waals surface area contributed by atoms with Gasteiger partial charge in [-0.15, -0.1) is 0 Å². The van der Waals surface area contributed by atoms with E-state index in [1.165, 1.54) is 6.07 Å². The van der Waals surface area contributed by atoms with Gasteiger partial charge in [0, 0.05) is 12.2 Å². The van der Waals surface area contributed by atoms with Crippen LogP contribution < -0.4 is 5.32 Å². The molecule has 2 aromatic rings. The molecule has 0 unspecified atom stereocenters. The Balaban J connectivity index is 2.24. The van der Waals surface area contributed by atoms with Crippen molar-refractivity contribution in [3.8, 4) is 0 Å². The van der Waals surface area contributed by atoms with Crippen LogP contribution in [0.1, 0.15) is 32.7 Å². The standard InChI is InChI=1S/C16H17FN2O2/c1-9-6-12(7-10(2)14(9)17)8-18-15-13(16(20)21)5-4-11(3)19-15/h4-7H,8H2,1-3H3,(H,18,19)(H,20,21). The Labute approximate surface area is 122 Å².